The Labute approximate surface area is 173 Å². The van der Waals surface area contributed by atoms with Gasteiger partial charge in [-0.3, -0.25) is 9.59 Å². The number of alkyl halides is 3. The SMILES string of the molecule is COc1ccccc1C(=O)N[C@H](C(=O)N(C)Cc1ccc(C(F)(F)F)cc1)C(C)C. The molecule has 0 spiro atoms. The molecule has 1 N–H and O–H groups in total. The van der Waals surface area contributed by atoms with E-state index < -0.39 is 23.7 Å². The molecule has 2 aromatic rings. The maximum atomic E-state index is 12.9. The minimum atomic E-state index is -4.41. The van der Waals surface area contributed by atoms with Gasteiger partial charge < -0.3 is 15.0 Å². The first kappa shape index (κ1) is 23.3. The first-order valence-electron chi connectivity index (χ1n) is 9.39. The maximum absolute atomic E-state index is 12.9. The molecule has 0 radical (unpaired) electrons. The van der Waals surface area contributed by atoms with Crippen molar-refractivity contribution in [2.24, 2.45) is 5.92 Å². The van der Waals surface area contributed by atoms with Crippen molar-refractivity contribution in [3.63, 3.8) is 0 Å². The molecule has 30 heavy (non-hydrogen) atoms. The van der Waals surface area contributed by atoms with Gasteiger partial charge in [-0.1, -0.05) is 38.1 Å². The summed E-state index contributed by atoms with van der Waals surface area (Å²) in [6.45, 7) is 3.72. The van der Waals surface area contributed by atoms with Crippen molar-refractivity contribution in [2.45, 2.75) is 32.6 Å². The Morgan fingerprint density at radius 3 is 2.20 bits per heavy atom. The summed E-state index contributed by atoms with van der Waals surface area (Å²) >= 11 is 0. The van der Waals surface area contributed by atoms with E-state index in [1.165, 1.54) is 24.1 Å². The average molecular weight is 422 g/mol. The minimum absolute atomic E-state index is 0.116. The van der Waals surface area contributed by atoms with E-state index in [0.717, 1.165) is 12.1 Å². The van der Waals surface area contributed by atoms with E-state index in [4.69, 9.17) is 4.74 Å². The number of hydrogen-bond acceptors (Lipinski definition) is 3. The van der Waals surface area contributed by atoms with Crippen LogP contribution in [0.15, 0.2) is 48.5 Å². The number of nitrogens with one attached hydrogen (secondary N) is 1. The van der Waals surface area contributed by atoms with Crippen molar-refractivity contribution < 1.29 is 27.5 Å². The lowest BCUT2D eigenvalue weighted by Gasteiger charge is -2.27. The molecule has 162 valence electrons. The van der Waals surface area contributed by atoms with Crippen molar-refractivity contribution in [1.82, 2.24) is 10.2 Å². The van der Waals surface area contributed by atoms with Crippen LogP contribution in [0.25, 0.3) is 0 Å². The highest BCUT2D eigenvalue weighted by molar-refractivity contribution is 5.99. The molecule has 2 amide bonds. The van der Waals surface area contributed by atoms with Crippen LogP contribution in [0.2, 0.25) is 0 Å². The zero-order valence-electron chi connectivity index (χ0n) is 17.3. The zero-order valence-corrected chi connectivity index (χ0v) is 17.3. The third-order valence-electron chi connectivity index (χ3n) is 4.65. The summed E-state index contributed by atoms with van der Waals surface area (Å²) in [5, 5.41) is 2.74. The van der Waals surface area contributed by atoms with Gasteiger partial charge in [0.1, 0.15) is 11.8 Å². The Balaban J connectivity index is 2.11. The Hall–Kier alpha value is -3.03. The van der Waals surface area contributed by atoms with Gasteiger partial charge >= 0.3 is 6.18 Å². The van der Waals surface area contributed by atoms with Crippen LogP contribution in [0, 0.1) is 5.92 Å². The molecule has 0 saturated carbocycles. The number of benzene rings is 2. The number of likely N-dealkylation sites (N-methyl/N-ethyl adjacent to an activating group) is 1. The molecule has 0 fully saturated rings. The Morgan fingerprint density at radius 1 is 1.07 bits per heavy atom. The molecule has 0 aliphatic rings. The fourth-order valence-corrected chi connectivity index (χ4v) is 2.95. The van der Waals surface area contributed by atoms with Gasteiger partial charge in [-0.25, -0.2) is 0 Å². The number of nitrogens with zero attached hydrogens (tertiary/aromatic N) is 1. The number of carbonyl (C=O) groups excluding carboxylic acids is 2. The molecule has 8 heteroatoms. The lowest BCUT2D eigenvalue weighted by atomic mass is 10.0. The molecule has 5 nitrogen and oxygen atoms in total. The number of carbonyl (C=O) groups is 2. The van der Waals surface area contributed by atoms with Gasteiger partial charge in [-0.2, -0.15) is 13.2 Å². The summed E-state index contributed by atoms with van der Waals surface area (Å²) < 4.78 is 43.3. The molecule has 0 aliphatic carbocycles. The molecule has 0 saturated heterocycles. The predicted octanol–water partition coefficient (Wildman–Crippen LogP) is 4.13. The smallest absolute Gasteiger partial charge is 0.416 e. The summed E-state index contributed by atoms with van der Waals surface area (Å²) in [7, 11) is 3.00. The predicted molar refractivity (Wildman–Crippen MR) is 107 cm³/mol. The molecular weight excluding hydrogens is 397 g/mol. The Bertz CT molecular complexity index is 880. The molecule has 2 aromatic carbocycles. The summed E-state index contributed by atoms with van der Waals surface area (Å²) in [5.74, 6) is -0.593. The van der Waals surface area contributed by atoms with Crippen LogP contribution in [0.5, 0.6) is 5.75 Å². The summed E-state index contributed by atoms with van der Waals surface area (Å²) in [4.78, 5) is 27.0. The Kier molecular flexibility index (Phi) is 7.48. The molecule has 2 rings (SSSR count). The normalized spacial score (nSPS) is 12.4. The molecule has 0 aromatic heterocycles. The molecular formula is C22H25F3N2O3. The first-order chi connectivity index (χ1) is 14.0. The number of methoxy groups -OCH3 is 1. The van der Waals surface area contributed by atoms with Crippen molar-refractivity contribution in [2.75, 3.05) is 14.2 Å². The van der Waals surface area contributed by atoms with E-state index in [1.807, 2.05) is 0 Å². The summed E-state index contributed by atoms with van der Waals surface area (Å²) in [5.41, 5.74) is 0.116. The van der Waals surface area contributed by atoms with E-state index in [1.54, 1.807) is 45.2 Å². The van der Waals surface area contributed by atoms with Crippen molar-refractivity contribution in [3.05, 3.63) is 65.2 Å². The summed E-state index contributed by atoms with van der Waals surface area (Å²) in [6.07, 6.45) is -4.41. The van der Waals surface area contributed by atoms with Gasteiger partial charge in [0.15, 0.2) is 0 Å². The van der Waals surface area contributed by atoms with Crippen molar-refractivity contribution >= 4 is 11.8 Å². The van der Waals surface area contributed by atoms with E-state index in [9.17, 15) is 22.8 Å². The number of ether oxygens (including phenoxy) is 1. The molecule has 0 unspecified atom stereocenters. The lowest BCUT2D eigenvalue weighted by molar-refractivity contribution is -0.137. The molecule has 0 bridgehead atoms. The van der Waals surface area contributed by atoms with Gasteiger partial charge in [0.25, 0.3) is 5.91 Å². The van der Waals surface area contributed by atoms with Gasteiger partial charge in [0.2, 0.25) is 5.91 Å². The largest absolute Gasteiger partial charge is 0.496 e. The highest BCUT2D eigenvalue weighted by atomic mass is 19.4. The third-order valence-corrected chi connectivity index (χ3v) is 4.65. The van der Waals surface area contributed by atoms with E-state index >= 15 is 0 Å². The number of hydrogen-bond donors (Lipinski definition) is 1. The zero-order chi connectivity index (χ0) is 22.5. The first-order valence-corrected chi connectivity index (χ1v) is 9.39. The Morgan fingerprint density at radius 2 is 1.67 bits per heavy atom. The van der Waals surface area contributed by atoms with Crippen LogP contribution in [-0.4, -0.2) is 36.9 Å². The monoisotopic (exact) mass is 422 g/mol. The maximum Gasteiger partial charge on any atom is 0.416 e. The number of rotatable bonds is 7. The van der Waals surface area contributed by atoms with Gasteiger partial charge in [0, 0.05) is 13.6 Å². The van der Waals surface area contributed by atoms with Crippen LogP contribution in [-0.2, 0) is 17.5 Å². The second kappa shape index (κ2) is 9.65. The van der Waals surface area contributed by atoms with E-state index in [2.05, 4.69) is 5.32 Å². The van der Waals surface area contributed by atoms with Gasteiger partial charge in [0.05, 0.1) is 18.2 Å². The number of para-hydroxylation sites is 1. The fraction of sp³-hybridized carbons (Fsp3) is 0.364. The van der Waals surface area contributed by atoms with Crippen LogP contribution < -0.4 is 10.1 Å². The second-order valence-electron chi connectivity index (χ2n) is 7.28. The van der Waals surface area contributed by atoms with Crippen LogP contribution in [0.3, 0.4) is 0 Å². The van der Waals surface area contributed by atoms with Crippen molar-refractivity contribution in [3.8, 4) is 5.75 Å². The van der Waals surface area contributed by atoms with E-state index in [-0.39, 0.29) is 18.4 Å². The third kappa shape index (κ3) is 5.75. The molecule has 0 heterocycles. The van der Waals surface area contributed by atoms with Gasteiger partial charge in [-0.15, -0.1) is 0 Å². The molecule has 0 aliphatic heterocycles. The van der Waals surface area contributed by atoms with E-state index in [0.29, 0.717) is 16.9 Å². The second-order valence-corrected chi connectivity index (χ2v) is 7.28. The van der Waals surface area contributed by atoms with Crippen LogP contribution >= 0.6 is 0 Å². The quantitative estimate of drug-likeness (QED) is 0.730. The molecule has 1 atom stereocenters. The fourth-order valence-electron chi connectivity index (χ4n) is 2.95. The number of amides is 2. The average Bonchev–Trinajstić information content (AvgIpc) is 2.70. The highest BCUT2D eigenvalue weighted by Crippen LogP contribution is 2.29. The van der Waals surface area contributed by atoms with Gasteiger partial charge in [-0.05, 0) is 35.7 Å². The topological polar surface area (TPSA) is 58.6 Å². The highest BCUT2D eigenvalue weighted by Gasteiger charge is 2.31. The minimum Gasteiger partial charge on any atom is -0.496 e. The van der Waals surface area contributed by atoms with Crippen LogP contribution in [0.4, 0.5) is 13.2 Å². The van der Waals surface area contributed by atoms with Crippen molar-refractivity contribution in [1.29, 1.82) is 0 Å². The summed E-state index contributed by atoms with van der Waals surface area (Å²) in [6, 6.07) is 10.5. The standard InChI is InChI=1S/C22H25F3N2O3/c1-14(2)19(26-20(28)17-7-5-6-8-18(17)30-4)21(29)27(3)13-15-9-11-16(12-10-15)22(23,24)25/h5-12,14,19H,13H2,1-4H3,(H,26,28)/t19-/m0/s1. The lowest BCUT2D eigenvalue weighted by Crippen LogP contribution is -2.50. The number of halogens is 3. The van der Waals surface area contributed by atoms with Crippen LogP contribution in [0.1, 0.15) is 35.3 Å².